The molecule has 5 nitrogen and oxygen atoms in total. The monoisotopic (exact) mass is 523 g/mol. The van der Waals surface area contributed by atoms with Gasteiger partial charge in [-0.2, -0.15) is 0 Å². The fourth-order valence-corrected chi connectivity index (χ4v) is 6.37. The van der Waals surface area contributed by atoms with Gasteiger partial charge in [0, 0.05) is 24.0 Å². The summed E-state index contributed by atoms with van der Waals surface area (Å²) in [6, 6.07) is 11.8. The summed E-state index contributed by atoms with van der Waals surface area (Å²) in [5.74, 6) is -0.0317. The molecule has 0 bridgehead atoms. The van der Waals surface area contributed by atoms with E-state index in [0.29, 0.717) is 22.5 Å². The lowest BCUT2D eigenvalue weighted by molar-refractivity contribution is -0.127. The molecule has 196 valence electrons. The molecule has 37 heavy (non-hydrogen) atoms. The van der Waals surface area contributed by atoms with Gasteiger partial charge in [0.15, 0.2) is 0 Å². The lowest BCUT2D eigenvalue weighted by Crippen LogP contribution is -2.43. The number of rotatable bonds is 7. The maximum absolute atomic E-state index is 14.8. The summed E-state index contributed by atoms with van der Waals surface area (Å²) in [6.45, 7) is 0. The highest BCUT2D eigenvalue weighted by Gasteiger charge is 2.35. The van der Waals surface area contributed by atoms with Crippen LogP contribution in [-0.4, -0.2) is 26.6 Å². The molecule has 3 aromatic rings. The lowest BCUT2D eigenvalue weighted by Gasteiger charge is -2.33. The van der Waals surface area contributed by atoms with E-state index in [1.807, 2.05) is 34.9 Å². The molecule has 2 N–H and O–H groups in total. The molecule has 1 aromatic heterocycles. The summed E-state index contributed by atoms with van der Waals surface area (Å²) in [7, 11) is 0. The van der Waals surface area contributed by atoms with E-state index < -0.39 is 18.0 Å². The Morgan fingerprint density at radius 3 is 2.38 bits per heavy atom. The number of aromatic nitrogens is 2. The molecule has 0 radical (unpaired) electrons. The Kier molecular flexibility index (Phi) is 8.26. The van der Waals surface area contributed by atoms with Crippen LogP contribution in [0.25, 0.3) is 11.4 Å². The maximum atomic E-state index is 14.8. The predicted molar refractivity (Wildman–Crippen MR) is 144 cm³/mol. The zero-order chi connectivity index (χ0) is 25.8. The highest BCUT2D eigenvalue weighted by molar-refractivity contribution is 6.33. The number of benzene rings is 2. The minimum Gasteiger partial charge on any atom is -0.384 e. The second-order valence-corrected chi connectivity index (χ2v) is 10.9. The van der Waals surface area contributed by atoms with Crippen LogP contribution in [0, 0.1) is 11.7 Å². The Labute approximate surface area is 223 Å². The van der Waals surface area contributed by atoms with Crippen molar-refractivity contribution < 1.29 is 14.3 Å². The van der Waals surface area contributed by atoms with Crippen molar-refractivity contribution in [1.82, 2.24) is 14.9 Å². The van der Waals surface area contributed by atoms with Gasteiger partial charge in [-0.1, -0.05) is 86.5 Å². The van der Waals surface area contributed by atoms with Gasteiger partial charge in [-0.05, 0) is 48.8 Å². The molecule has 2 aliphatic carbocycles. The highest BCUT2D eigenvalue weighted by Crippen LogP contribution is 2.41. The molecule has 0 spiro atoms. The first-order valence-electron chi connectivity index (χ1n) is 13.6. The summed E-state index contributed by atoms with van der Waals surface area (Å²) in [5, 5.41) is 14.5. The first-order chi connectivity index (χ1) is 18.0. The number of hydrogen-bond acceptors (Lipinski definition) is 3. The van der Waals surface area contributed by atoms with Gasteiger partial charge in [-0.15, -0.1) is 0 Å². The molecule has 1 amide bonds. The van der Waals surface area contributed by atoms with Crippen LogP contribution in [0.15, 0.2) is 54.9 Å². The van der Waals surface area contributed by atoms with Crippen LogP contribution in [0.1, 0.15) is 87.5 Å². The number of amides is 1. The van der Waals surface area contributed by atoms with E-state index in [0.717, 1.165) is 51.4 Å². The molecule has 2 aromatic carbocycles. The van der Waals surface area contributed by atoms with Gasteiger partial charge in [-0.25, -0.2) is 9.37 Å². The number of nitrogens with zero attached hydrogens (tertiary/aromatic N) is 2. The molecule has 7 heteroatoms. The maximum Gasteiger partial charge on any atom is 0.243 e. The van der Waals surface area contributed by atoms with Crippen molar-refractivity contribution in [3.63, 3.8) is 0 Å². The van der Waals surface area contributed by atoms with Gasteiger partial charge in [-0.3, -0.25) is 4.79 Å². The van der Waals surface area contributed by atoms with E-state index in [-0.39, 0.29) is 22.9 Å². The van der Waals surface area contributed by atoms with E-state index in [1.54, 1.807) is 18.5 Å². The van der Waals surface area contributed by atoms with Gasteiger partial charge in [0.05, 0.1) is 5.02 Å². The molecule has 0 saturated heterocycles. The topological polar surface area (TPSA) is 67.2 Å². The fourth-order valence-electron chi connectivity index (χ4n) is 6.12. The fraction of sp³-hybridized carbons (Fsp3) is 0.467. The second kappa shape index (κ2) is 11.8. The molecule has 2 unspecified atom stereocenters. The van der Waals surface area contributed by atoms with Gasteiger partial charge in [0.25, 0.3) is 0 Å². The number of imidazole rings is 1. The highest BCUT2D eigenvalue weighted by atomic mass is 35.5. The van der Waals surface area contributed by atoms with Crippen LogP contribution in [0.2, 0.25) is 5.02 Å². The molecule has 1 heterocycles. The quantitative estimate of drug-likeness (QED) is 0.350. The summed E-state index contributed by atoms with van der Waals surface area (Å²) < 4.78 is 16.7. The SMILES string of the molecule is O=C(NC1CCCCC1)C(C1CCCCC1)n1ccnc1-c1c(C(O)c2ccccc2)ccc(F)c1Cl. The number of nitrogens with one attached hydrogen (secondary N) is 1. The van der Waals surface area contributed by atoms with Crippen LogP contribution < -0.4 is 5.32 Å². The van der Waals surface area contributed by atoms with Crippen molar-refractivity contribution in [1.29, 1.82) is 0 Å². The van der Waals surface area contributed by atoms with Crippen LogP contribution in [0.3, 0.4) is 0 Å². The largest absolute Gasteiger partial charge is 0.384 e. The second-order valence-electron chi connectivity index (χ2n) is 10.5. The zero-order valence-electron chi connectivity index (χ0n) is 21.1. The Balaban J connectivity index is 1.57. The standard InChI is InChI=1S/C30H35ClFN3O2/c31-26-24(32)17-16-23(28(36)21-12-6-2-7-13-21)25(26)29-33-18-19-35(29)27(20-10-4-1-5-11-20)30(37)34-22-14-8-3-9-15-22/h2,6-7,12-13,16-20,22,27-28,36H,1,3-5,8-11,14-15H2,(H,34,37). The number of aliphatic hydroxyl groups is 1. The molecular weight excluding hydrogens is 489 g/mol. The molecule has 2 atom stereocenters. The molecule has 2 saturated carbocycles. The first-order valence-corrected chi connectivity index (χ1v) is 14.0. The Morgan fingerprint density at radius 1 is 1.00 bits per heavy atom. The molecule has 5 rings (SSSR count). The minimum absolute atomic E-state index is 0.00395. The smallest absolute Gasteiger partial charge is 0.243 e. The number of carbonyl (C=O) groups is 1. The number of aliphatic hydroxyl groups excluding tert-OH is 1. The molecule has 2 aliphatic rings. The number of hydrogen-bond donors (Lipinski definition) is 2. The number of carbonyl (C=O) groups excluding carboxylic acids is 1. The van der Waals surface area contributed by atoms with E-state index in [1.165, 1.54) is 18.9 Å². The third-order valence-corrected chi connectivity index (χ3v) is 8.41. The van der Waals surface area contributed by atoms with Crippen molar-refractivity contribution >= 4 is 17.5 Å². The van der Waals surface area contributed by atoms with Gasteiger partial charge < -0.3 is 15.0 Å². The Bertz CT molecular complexity index is 1200. The van der Waals surface area contributed by atoms with Crippen molar-refractivity contribution in [3.8, 4) is 11.4 Å². The van der Waals surface area contributed by atoms with E-state index in [9.17, 15) is 14.3 Å². The van der Waals surface area contributed by atoms with Crippen LogP contribution in [0.5, 0.6) is 0 Å². The third kappa shape index (κ3) is 5.60. The molecule has 0 aliphatic heterocycles. The lowest BCUT2D eigenvalue weighted by atomic mass is 9.82. The van der Waals surface area contributed by atoms with Crippen molar-refractivity contribution in [3.05, 3.63) is 76.8 Å². The average molecular weight is 524 g/mol. The molecular formula is C30H35ClFN3O2. The van der Waals surface area contributed by atoms with Crippen molar-refractivity contribution in [2.75, 3.05) is 0 Å². The van der Waals surface area contributed by atoms with Gasteiger partial charge >= 0.3 is 0 Å². The predicted octanol–water partition coefficient (Wildman–Crippen LogP) is 6.99. The summed E-state index contributed by atoms with van der Waals surface area (Å²) in [4.78, 5) is 18.5. The Morgan fingerprint density at radius 2 is 1.68 bits per heavy atom. The molecule has 2 fully saturated rings. The van der Waals surface area contributed by atoms with Crippen LogP contribution >= 0.6 is 11.6 Å². The minimum atomic E-state index is -1.02. The summed E-state index contributed by atoms with van der Waals surface area (Å²) >= 11 is 6.58. The summed E-state index contributed by atoms with van der Waals surface area (Å²) in [6.07, 6.45) is 13.2. The normalized spacial score (nSPS) is 18.9. The Hall–Kier alpha value is -2.70. The zero-order valence-corrected chi connectivity index (χ0v) is 21.8. The third-order valence-electron chi connectivity index (χ3n) is 8.05. The van der Waals surface area contributed by atoms with Crippen molar-refractivity contribution in [2.24, 2.45) is 5.92 Å². The van der Waals surface area contributed by atoms with E-state index in [2.05, 4.69) is 10.3 Å². The summed E-state index contributed by atoms with van der Waals surface area (Å²) in [5.41, 5.74) is 1.46. The van der Waals surface area contributed by atoms with Crippen LogP contribution in [-0.2, 0) is 4.79 Å². The van der Waals surface area contributed by atoms with Gasteiger partial charge in [0.2, 0.25) is 5.91 Å². The van der Waals surface area contributed by atoms with Gasteiger partial charge in [0.1, 0.15) is 23.8 Å². The van der Waals surface area contributed by atoms with E-state index >= 15 is 0 Å². The van der Waals surface area contributed by atoms with E-state index in [4.69, 9.17) is 11.6 Å². The van der Waals surface area contributed by atoms with Crippen molar-refractivity contribution in [2.45, 2.75) is 82.4 Å². The average Bonchev–Trinajstić information content (AvgIpc) is 3.40. The first kappa shape index (κ1) is 25.9. The number of halogens is 2. The van der Waals surface area contributed by atoms with Crippen LogP contribution in [0.4, 0.5) is 4.39 Å².